The van der Waals surface area contributed by atoms with Gasteiger partial charge in [0, 0.05) is 6.42 Å². The highest BCUT2D eigenvalue weighted by atomic mass is 19.4. The maximum atomic E-state index is 13.4. The van der Waals surface area contributed by atoms with Gasteiger partial charge < -0.3 is 0 Å². The molecule has 1 aromatic rings. The highest BCUT2D eigenvalue weighted by Gasteiger charge is 2.32. The first-order valence-electron chi connectivity index (χ1n) is 5.78. The molecule has 5 heteroatoms. The molecule has 1 nitrogen and oxygen atoms in total. The molecule has 1 saturated carbocycles. The Morgan fingerprint density at radius 3 is 2.44 bits per heavy atom. The maximum absolute atomic E-state index is 13.4. The van der Waals surface area contributed by atoms with Gasteiger partial charge in [0.2, 0.25) is 0 Å². The average Bonchev–Trinajstić information content (AvgIpc) is 2.22. The predicted molar refractivity (Wildman–Crippen MR) is 57.7 cm³/mol. The topological polar surface area (TPSA) is 17.1 Å². The molecule has 0 spiro atoms. The highest BCUT2D eigenvalue weighted by Crippen LogP contribution is 2.33. The van der Waals surface area contributed by atoms with E-state index in [1.807, 2.05) is 0 Å². The van der Waals surface area contributed by atoms with Gasteiger partial charge in [0.25, 0.3) is 0 Å². The molecule has 0 amide bonds. The lowest BCUT2D eigenvalue weighted by Gasteiger charge is -2.24. The van der Waals surface area contributed by atoms with E-state index in [0.717, 1.165) is 19.3 Å². The van der Waals surface area contributed by atoms with Crippen molar-refractivity contribution < 1.29 is 22.4 Å². The van der Waals surface area contributed by atoms with Gasteiger partial charge in [0.15, 0.2) is 5.78 Å². The molecular formula is C13H12F4O. The molecule has 0 heterocycles. The number of benzene rings is 1. The van der Waals surface area contributed by atoms with Crippen LogP contribution in [0.4, 0.5) is 17.6 Å². The summed E-state index contributed by atoms with van der Waals surface area (Å²) in [6.07, 6.45) is -1.60. The van der Waals surface area contributed by atoms with E-state index in [1.54, 1.807) is 0 Å². The zero-order chi connectivity index (χ0) is 13.3. The lowest BCUT2D eigenvalue weighted by molar-refractivity contribution is -0.137. The number of hydrogen-bond donors (Lipinski definition) is 0. The summed E-state index contributed by atoms with van der Waals surface area (Å²) >= 11 is 0. The molecule has 0 unspecified atom stereocenters. The summed E-state index contributed by atoms with van der Waals surface area (Å²) in [5, 5.41) is 0. The Morgan fingerprint density at radius 2 is 1.94 bits per heavy atom. The summed E-state index contributed by atoms with van der Waals surface area (Å²) in [5.41, 5.74) is -1.43. The molecular weight excluding hydrogens is 248 g/mol. The molecule has 0 N–H and O–H groups in total. The third kappa shape index (κ3) is 2.71. The van der Waals surface area contributed by atoms with Crippen LogP contribution in [0, 0.1) is 11.7 Å². The minimum Gasteiger partial charge on any atom is -0.294 e. The van der Waals surface area contributed by atoms with Crippen molar-refractivity contribution in [2.75, 3.05) is 0 Å². The van der Waals surface area contributed by atoms with E-state index in [2.05, 4.69) is 0 Å². The van der Waals surface area contributed by atoms with Crippen LogP contribution in [0.2, 0.25) is 0 Å². The SMILES string of the molecule is O=C(CC1CCC1)c1cc(C(F)(F)F)ccc1F. The molecule has 1 aliphatic rings. The predicted octanol–water partition coefficient (Wildman–Crippen LogP) is 4.22. The third-order valence-electron chi connectivity index (χ3n) is 3.29. The zero-order valence-corrected chi connectivity index (χ0v) is 9.56. The molecule has 18 heavy (non-hydrogen) atoms. The molecule has 2 rings (SSSR count). The number of hydrogen-bond acceptors (Lipinski definition) is 1. The molecule has 0 bridgehead atoms. The van der Waals surface area contributed by atoms with Crippen molar-refractivity contribution in [2.45, 2.75) is 31.9 Å². The molecule has 0 aliphatic heterocycles. The number of alkyl halides is 3. The maximum Gasteiger partial charge on any atom is 0.416 e. The normalized spacial score (nSPS) is 16.4. The quantitative estimate of drug-likeness (QED) is 0.587. The zero-order valence-electron chi connectivity index (χ0n) is 9.56. The van der Waals surface area contributed by atoms with Crippen molar-refractivity contribution in [3.05, 3.63) is 35.1 Å². The molecule has 0 aromatic heterocycles. The van der Waals surface area contributed by atoms with Gasteiger partial charge in [-0.05, 0) is 24.1 Å². The number of ketones is 1. The standard InChI is InChI=1S/C13H12F4O/c14-11-5-4-9(13(15,16)17)7-10(11)12(18)6-8-2-1-3-8/h4-5,7-8H,1-3,6H2. The monoisotopic (exact) mass is 260 g/mol. The Kier molecular flexibility index (Phi) is 3.41. The van der Waals surface area contributed by atoms with Crippen LogP contribution in [-0.2, 0) is 6.18 Å². The lowest BCUT2D eigenvalue weighted by atomic mass is 9.81. The van der Waals surface area contributed by atoms with Crippen molar-refractivity contribution in [1.82, 2.24) is 0 Å². The van der Waals surface area contributed by atoms with Crippen LogP contribution in [0.5, 0.6) is 0 Å². The van der Waals surface area contributed by atoms with E-state index in [4.69, 9.17) is 0 Å². The molecule has 0 saturated heterocycles. The second-order valence-corrected chi connectivity index (χ2v) is 4.62. The first kappa shape index (κ1) is 13.1. The second kappa shape index (κ2) is 4.71. The van der Waals surface area contributed by atoms with Gasteiger partial charge in [0.05, 0.1) is 11.1 Å². The van der Waals surface area contributed by atoms with Crippen LogP contribution in [0.1, 0.15) is 41.6 Å². The number of halogens is 4. The van der Waals surface area contributed by atoms with Gasteiger partial charge >= 0.3 is 6.18 Å². The lowest BCUT2D eigenvalue weighted by Crippen LogP contribution is -2.17. The van der Waals surface area contributed by atoms with Crippen LogP contribution in [0.25, 0.3) is 0 Å². The number of carbonyl (C=O) groups is 1. The minimum absolute atomic E-state index is 0.137. The van der Waals surface area contributed by atoms with Crippen molar-refractivity contribution in [1.29, 1.82) is 0 Å². The van der Waals surface area contributed by atoms with Crippen LogP contribution in [0.15, 0.2) is 18.2 Å². The molecule has 1 aromatic carbocycles. The summed E-state index contributed by atoms with van der Waals surface area (Å²) < 4.78 is 50.8. The van der Waals surface area contributed by atoms with Crippen molar-refractivity contribution >= 4 is 5.78 Å². The fourth-order valence-electron chi connectivity index (χ4n) is 1.98. The van der Waals surface area contributed by atoms with Gasteiger partial charge in [-0.15, -0.1) is 0 Å². The van der Waals surface area contributed by atoms with E-state index in [-0.39, 0.29) is 12.3 Å². The summed E-state index contributed by atoms with van der Waals surface area (Å²) in [6.45, 7) is 0. The van der Waals surface area contributed by atoms with Gasteiger partial charge in [-0.25, -0.2) is 4.39 Å². The number of Topliss-reactive ketones (excluding diaryl/α,β-unsaturated/α-hetero) is 1. The van der Waals surface area contributed by atoms with E-state index >= 15 is 0 Å². The van der Waals surface area contributed by atoms with E-state index in [9.17, 15) is 22.4 Å². The Bertz CT molecular complexity index is 461. The van der Waals surface area contributed by atoms with Crippen LogP contribution in [0.3, 0.4) is 0 Å². The molecule has 0 atom stereocenters. The molecule has 1 fully saturated rings. The van der Waals surface area contributed by atoms with E-state index < -0.39 is 28.9 Å². The summed E-state index contributed by atoms with van der Waals surface area (Å²) in [4.78, 5) is 11.7. The highest BCUT2D eigenvalue weighted by molar-refractivity contribution is 5.96. The van der Waals surface area contributed by atoms with E-state index in [1.165, 1.54) is 0 Å². The van der Waals surface area contributed by atoms with Gasteiger partial charge in [-0.3, -0.25) is 4.79 Å². The Labute approximate surface area is 102 Å². The first-order chi connectivity index (χ1) is 8.38. The summed E-state index contributed by atoms with van der Waals surface area (Å²) in [5.74, 6) is -1.22. The molecule has 98 valence electrons. The minimum atomic E-state index is -4.56. The van der Waals surface area contributed by atoms with Gasteiger partial charge in [-0.2, -0.15) is 13.2 Å². The third-order valence-corrected chi connectivity index (χ3v) is 3.29. The fourth-order valence-corrected chi connectivity index (χ4v) is 1.98. The van der Waals surface area contributed by atoms with Crippen molar-refractivity contribution in [3.8, 4) is 0 Å². The first-order valence-corrected chi connectivity index (χ1v) is 5.78. The summed E-state index contributed by atoms with van der Waals surface area (Å²) in [6, 6.07) is 1.96. The second-order valence-electron chi connectivity index (χ2n) is 4.62. The van der Waals surface area contributed by atoms with Gasteiger partial charge in [0.1, 0.15) is 5.82 Å². The van der Waals surface area contributed by atoms with Crippen molar-refractivity contribution in [2.24, 2.45) is 5.92 Å². The Morgan fingerprint density at radius 1 is 1.28 bits per heavy atom. The van der Waals surface area contributed by atoms with Gasteiger partial charge in [-0.1, -0.05) is 19.3 Å². The average molecular weight is 260 g/mol. The van der Waals surface area contributed by atoms with Crippen molar-refractivity contribution in [3.63, 3.8) is 0 Å². The summed E-state index contributed by atoms with van der Waals surface area (Å²) in [7, 11) is 0. The Hall–Kier alpha value is -1.39. The van der Waals surface area contributed by atoms with E-state index in [0.29, 0.717) is 18.2 Å². The molecule has 1 aliphatic carbocycles. The smallest absolute Gasteiger partial charge is 0.294 e. The number of rotatable bonds is 3. The number of carbonyl (C=O) groups excluding carboxylic acids is 1. The van der Waals surface area contributed by atoms with Crippen LogP contribution < -0.4 is 0 Å². The Balaban J connectivity index is 2.22. The fraction of sp³-hybridized carbons (Fsp3) is 0.462. The van der Waals surface area contributed by atoms with Crippen LogP contribution in [-0.4, -0.2) is 5.78 Å². The van der Waals surface area contributed by atoms with Crippen LogP contribution >= 0.6 is 0 Å². The molecule has 0 radical (unpaired) electrons. The largest absolute Gasteiger partial charge is 0.416 e.